The molecule has 1 heterocycles. The second-order valence-electron chi connectivity index (χ2n) is 7.05. The van der Waals surface area contributed by atoms with E-state index in [1.165, 1.54) is 0 Å². The summed E-state index contributed by atoms with van der Waals surface area (Å²) in [5, 5.41) is 6.80. The van der Waals surface area contributed by atoms with Crippen molar-refractivity contribution in [2.45, 2.75) is 60.0 Å². The maximum atomic E-state index is 12.1. The lowest BCUT2D eigenvalue weighted by Gasteiger charge is -2.24. The van der Waals surface area contributed by atoms with Crippen LogP contribution in [0, 0.1) is 5.92 Å². The monoisotopic (exact) mass is 467 g/mol. The van der Waals surface area contributed by atoms with E-state index in [-0.39, 0.29) is 41.8 Å². The molecule has 1 aliphatic rings. The van der Waals surface area contributed by atoms with E-state index >= 15 is 0 Å². The topological polar surface area (TPSA) is 60.0 Å². The molecule has 0 radical (unpaired) electrons. The minimum atomic E-state index is 0. The Morgan fingerprint density at radius 1 is 1.28 bits per heavy atom. The summed E-state index contributed by atoms with van der Waals surface area (Å²) < 4.78 is 0. The number of aliphatic imine (C=N–C) groups is 1. The highest BCUT2D eigenvalue weighted by Gasteiger charge is 2.27. The van der Waals surface area contributed by atoms with Crippen LogP contribution in [0.3, 0.4) is 0 Å². The van der Waals surface area contributed by atoms with Crippen LogP contribution >= 0.6 is 24.0 Å². The van der Waals surface area contributed by atoms with Gasteiger partial charge >= 0.3 is 0 Å². The van der Waals surface area contributed by atoms with Gasteiger partial charge < -0.3 is 15.5 Å². The van der Waals surface area contributed by atoms with Gasteiger partial charge in [-0.25, -0.2) is 0 Å². The quantitative estimate of drug-likeness (QED) is 0.326. The molecule has 0 aromatic carbocycles. The van der Waals surface area contributed by atoms with Gasteiger partial charge in [0.15, 0.2) is 5.96 Å². The van der Waals surface area contributed by atoms with Crippen molar-refractivity contribution in [2.24, 2.45) is 10.9 Å². The van der Waals surface area contributed by atoms with Crippen LogP contribution in [-0.2, 0) is 4.79 Å². The molecule has 1 unspecified atom stereocenters. The molecule has 0 aromatic heterocycles. The Balaban J connectivity index is 0.00000576. The molecular weight excluding hydrogens is 429 g/mol. The lowest BCUT2D eigenvalue weighted by atomic mass is 10.2. The Morgan fingerprint density at radius 2 is 1.96 bits per heavy atom. The van der Waals surface area contributed by atoms with Crippen molar-refractivity contribution in [3.8, 4) is 0 Å². The van der Waals surface area contributed by atoms with Crippen LogP contribution in [0.25, 0.3) is 0 Å². The fourth-order valence-corrected chi connectivity index (χ4v) is 3.03. The number of likely N-dealkylation sites (tertiary alicyclic amines) is 1. The number of nitrogens with zero attached hydrogens (tertiary/aromatic N) is 3. The van der Waals surface area contributed by atoms with E-state index in [4.69, 9.17) is 4.99 Å². The molecule has 1 fully saturated rings. The number of carbonyl (C=O) groups excluding carboxylic acids is 1. The number of hydrogen-bond acceptors (Lipinski definition) is 3. The van der Waals surface area contributed by atoms with Gasteiger partial charge in [0.25, 0.3) is 0 Å². The number of guanidine groups is 1. The zero-order valence-electron chi connectivity index (χ0n) is 16.8. The highest BCUT2D eigenvalue weighted by atomic mass is 127. The van der Waals surface area contributed by atoms with Gasteiger partial charge in [0.1, 0.15) is 0 Å². The molecule has 7 heteroatoms. The molecule has 0 aromatic rings. The Bertz CT molecular complexity index is 414. The predicted molar refractivity (Wildman–Crippen MR) is 117 cm³/mol. The SMILES string of the molecule is CCNC(=NCCN(CC)C(C)C)NC1CCN(C(=O)C(C)C)C1.I. The van der Waals surface area contributed by atoms with Gasteiger partial charge in [0.05, 0.1) is 6.54 Å². The largest absolute Gasteiger partial charge is 0.357 e. The molecule has 1 rings (SSSR count). The number of likely N-dealkylation sites (N-methyl/N-ethyl adjacent to an activating group) is 1. The third-order valence-electron chi connectivity index (χ3n) is 4.47. The van der Waals surface area contributed by atoms with Crippen molar-refractivity contribution in [1.29, 1.82) is 0 Å². The van der Waals surface area contributed by atoms with Crippen LogP contribution in [0.1, 0.15) is 48.0 Å². The number of amides is 1. The summed E-state index contributed by atoms with van der Waals surface area (Å²) in [6, 6.07) is 0.837. The molecule has 148 valence electrons. The molecule has 0 bridgehead atoms. The number of carbonyl (C=O) groups is 1. The van der Waals surface area contributed by atoms with Crippen molar-refractivity contribution in [1.82, 2.24) is 20.4 Å². The highest BCUT2D eigenvalue weighted by molar-refractivity contribution is 14.0. The summed E-state index contributed by atoms with van der Waals surface area (Å²) in [5.74, 6) is 1.18. The zero-order valence-corrected chi connectivity index (χ0v) is 19.2. The minimum absolute atomic E-state index is 0. The lowest BCUT2D eigenvalue weighted by Crippen LogP contribution is -2.45. The summed E-state index contributed by atoms with van der Waals surface area (Å²) >= 11 is 0. The molecule has 2 N–H and O–H groups in total. The van der Waals surface area contributed by atoms with Gasteiger partial charge in [0.2, 0.25) is 5.91 Å². The molecule has 0 aliphatic carbocycles. The molecule has 0 spiro atoms. The zero-order chi connectivity index (χ0) is 18.1. The van der Waals surface area contributed by atoms with E-state index in [1.54, 1.807) is 0 Å². The first kappa shape index (κ1) is 24.4. The van der Waals surface area contributed by atoms with Gasteiger partial charge in [-0.1, -0.05) is 20.8 Å². The van der Waals surface area contributed by atoms with Crippen molar-refractivity contribution < 1.29 is 4.79 Å². The molecule has 1 atom stereocenters. The fourth-order valence-electron chi connectivity index (χ4n) is 3.03. The van der Waals surface area contributed by atoms with Crippen molar-refractivity contribution >= 4 is 35.8 Å². The normalized spacial score (nSPS) is 18.0. The molecule has 1 aliphatic heterocycles. The first-order valence-corrected chi connectivity index (χ1v) is 9.46. The van der Waals surface area contributed by atoms with Crippen LogP contribution in [0.2, 0.25) is 0 Å². The Hall–Kier alpha value is -0.570. The molecule has 1 amide bonds. The van der Waals surface area contributed by atoms with E-state index in [2.05, 4.69) is 43.2 Å². The smallest absolute Gasteiger partial charge is 0.225 e. The third-order valence-corrected chi connectivity index (χ3v) is 4.47. The van der Waals surface area contributed by atoms with Gasteiger partial charge in [-0.3, -0.25) is 14.7 Å². The van der Waals surface area contributed by atoms with Crippen LogP contribution < -0.4 is 10.6 Å². The number of halogens is 1. The maximum Gasteiger partial charge on any atom is 0.225 e. The van der Waals surface area contributed by atoms with E-state index in [0.717, 1.165) is 51.6 Å². The first-order valence-electron chi connectivity index (χ1n) is 9.46. The average molecular weight is 467 g/mol. The van der Waals surface area contributed by atoms with Gasteiger partial charge in [-0.15, -0.1) is 24.0 Å². The summed E-state index contributed by atoms with van der Waals surface area (Å²) in [6.45, 7) is 17.9. The second kappa shape index (κ2) is 12.7. The van der Waals surface area contributed by atoms with E-state index in [9.17, 15) is 4.79 Å². The first-order chi connectivity index (χ1) is 11.4. The summed E-state index contributed by atoms with van der Waals surface area (Å²) in [4.78, 5) is 21.2. The number of rotatable bonds is 8. The average Bonchev–Trinajstić information content (AvgIpc) is 2.98. The Labute approximate surface area is 171 Å². The van der Waals surface area contributed by atoms with Gasteiger partial charge in [-0.05, 0) is 33.7 Å². The van der Waals surface area contributed by atoms with Crippen LogP contribution in [0.15, 0.2) is 4.99 Å². The lowest BCUT2D eigenvalue weighted by molar-refractivity contribution is -0.133. The molecule has 1 saturated heterocycles. The van der Waals surface area contributed by atoms with Crippen molar-refractivity contribution in [2.75, 3.05) is 39.3 Å². The van der Waals surface area contributed by atoms with Crippen LogP contribution in [-0.4, -0.2) is 73.0 Å². The number of hydrogen-bond donors (Lipinski definition) is 2. The van der Waals surface area contributed by atoms with Gasteiger partial charge in [-0.2, -0.15) is 0 Å². The fraction of sp³-hybridized carbons (Fsp3) is 0.889. The molecule has 25 heavy (non-hydrogen) atoms. The number of nitrogens with one attached hydrogen (secondary N) is 2. The summed E-state index contributed by atoms with van der Waals surface area (Å²) in [6.07, 6.45) is 0.982. The van der Waals surface area contributed by atoms with E-state index in [1.807, 2.05) is 18.7 Å². The maximum absolute atomic E-state index is 12.1. The van der Waals surface area contributed by atoms with Crippen LogP contribution in [0.4, 0.5) is 0 Å². The third kappa shape index (κ3) is 8.57. The highest BCUT2D eigenvalue weighted by Crippen LogP contribution is 2.12. The van der Waals surface area contributed by atoms with Crippen LogP contribution in [0.5, 0.6) is 0 Å². The Kier molecular flexibility index (Phi) is 12.4. The summed E-state index contributed by atoms with van der Waals surface area (Å²) in [7, 11) is 0. The Morgan fingerprint density at radius 3 is 2.48 bits per heavy atom. The standard InChI is InChI=1S/C18H37N5O.HI/c1-7-19-18(20-10-12-22(8-2)15(5)6)21-16-9-11-23(13-16)17(24)14(3)4;/h14-16H,7-13H2,1-6H3,(H2,19,20,21);1H. The van der Waals surface area contributed by atoms with E-state index < -0.39 is 0 Å². The molecular formula is C18H38IN5O. The molecule has 0 saturated carbocycles. The van der Waals surface area contributed by atoms with Gasteiger partial charge in [0, 0.05) is 44.2 Å². The predicted octanol–water partition coefficient (Wildman–Crippen LogP) is 2.15. The second-order valence-corrected chi connectivity index (χ2v) is 7.05. The minimum Gasteiger partial charge on any atom is -0.357 e. The summed E-state index contributed by atoms with van der Waals surface area (Å²) in [5.41, 5.74) is 0. The van der Waals surface area contributed by atoms with Crippen molar-refractivity contribution in [3.63, 3.8) is 0 Å². The van der Waals surface area contributed by atoms with Crippen molar-refractivity contribution in [3.05, 3.63) is 0 Å². The molecule has 6 nitrogen and oxygen atoms in total. The van der Waals surface area contributed by atoms with E-state index in [0.29, 0.717) is 6.04 Å².